The number of rotatable bonds is 7. The summed E-state index contributed by atoms with van der Waals surface area (Å²) in [6.07, 6.45) is 7.45. The first kappa shape index (κ1) is 19.7. The third kappa shape index (κ3) is 4.38. The molecule has 1 N–H and O–H groups in total. The van der Waals surface area contributed by atoms with Crippen LogP contribution in [-0.4, -0.2) is 33.9 Å². The lowest BCUT2D eigenvalue weighted by atomic mass is 9.81. The van der Waals surface area contributed by atoms with E-state index in [0.29, 0.717) is 25.9 Å². The van der Waals surface area contributed by atoms with Crippen molar-refractivity contribution in [3.63, 3.8) is 0 Å². The molecule has 1 aromatic carbocycles. The van der Waals surface area contributed by atoms with E-state index in [9.17, 15) is 9.59 Å². The van der Waals surface area contributed by atoms with Crippen LogP contribution in [0, 0.1) is 0 Å². The molecule has 2 aliphatic rings. The molecule has 0 saturated heterocycles. The first-order chi connectivity index (χ1) is 14.2. The van der Waals surface area contributed by atoms with E-state index >= 15 is 0 Å². The number of ether oxygens (including phenoxy) is 1. The zero-order valence-electron chi connectivity index (χ0n) is 17.2. The van der Waals surface area contributed by atoms with Gasteiger partial charge in [-0.3, -0.25) is 9.36 Å². The van der Waals surface area contributed by atoms with Crippen molar-refractivity contribution < 1.29 is 9.53 Å². The SMILES string of the molecule is COc1ccc2c(c1)CCCC2CC(=O)NCCCn1nc2n(c1=O)CCCC2. The highest BCUT2D eigenvalue weighted by Gasteiger charge is 2.23. The van der Waals surface area contributed by atoms with Gasteiger partial charge in [-0.1, -0.05) is 6.07 Å². The molecule has 0 spiro atoms. The Hall–Kier alpha value is -2.57. The molecule has 4 rings (SSSR count). The number of fused-ring (bicyclic) bond motifs is 2. The van der Waals surface area contributed by atoms with Gasteiger partial charge in [0.05, 0.1) is 7.11 Å². The van der Waals surface area contributed by atoms with E-state index in [1.165, 1.54) is 11.1 Å². The zero-order chi connectivity index (χ0) is 20.2. The van der Waals surface area contributed by atoms with Gasteiger partial charge in [0.15, 0.2) is 0 Å². The Labute approximate surface area is 171 Å². The molecule has 1 aromatic heterocycles. The average molecular weight is 399 g/mol. The van der Waals surface area contributed by atoms with Crippen molar-refractivity contribution in [3.8, 4) is 5.75 Å². The summed E-state index contributed by atoms with van der Waals surface area (Å²) < 4.78 is 8.67. The van der Waals surface area contributed by atoms with Crippen molar-refractivity contribution in [2.24, 2.45) is 0 Å². The van der Waals surface area contributed by atoms with E-state index in [-0.39, 0.29) is 17.5 Å². The number of methoxy groups -OCH3 is 1. The molecule has 1 aliphatic heterocycles. The second-order valence-corrected chi connectivity index (χ2v) is 8.09. The van der Waals surface area contributed by atoms with Crippen LogP contribution in [0.25, 0.3) is 0 Å². The third-order valence-electron chi connectivity index (χ3n) is 6.12. The predicted octanol–water partition coefficient (Wildman–Crippen LogP) is 2.41. The van der Waals surface area contributed by atoms with Crippen LogP contribution in [0.2, 0.25) is 0 Å². The summed E-state index contributed by atoms with van der Waals surface area (Å²) in [5.74, 6) is 2.13. The lowest BCUT2D eigenvalue weighted by Gasteiger charge is -2.25. The van der Waals surface area contributed by atoms with Crippen molar-refractivity contribution in [3.05, 3.63) is 45.6 Å². The predicted molar refractivity (Wildman–Crippen MR) is 110 cm³/mol. The zero-order valence-corrected chi connectivity index (χ0v) is 17.2. The summed E-state index contributed by atoms with van der Waals surface area (Å²) in [6.45, 7) is 1.89. The Kier molecular flexibility index (Phi) is 6.02. The molecule has 2 heterocycles. The van der Waals surface area contributed by atoms with Crippen LogP contribution >= 0.6 is 0 Å². The third-order valence-corrected chi connectivity index (χ3v) is 6.12. The maximum absolute atomic E-state index is 12.5. The summed E-state index contributed by atoms with van der Waals surface area (Å²) in [7, 11) is 1.68. The minimum Gasteiger partial charge on any atom is -0.497 e. The second-order valence-electron chi connectivity index (χ2n) is 8.09. The Morgan fingerprint density at radius 2 is 2.17 bits per heavy atom. The molecule has 1 amide bonds. The van der Waals surface area contributed by atoms with E-state index in [4.69, 9.17) is 4.74 Å². The van der Waals surface area contributed by atoms with Gasteiger partial charge in [-0.2, -0.15) is 5.10 Å². The minimum absolute atomic E-state index is 0.0136. The molecule has 0 radical (unpaired) electrons. The molecular formula is C22H30N4O3. The molecule has 7 heteroatoms. The molecule has 0 fully saturated rings. The smallest absolute Gasteiger partial charge is 0.345 e. The highest BCUT2D eigenvalue weighted by molar-refractivity contribution is 5.77. The largest absolute Gasteiger partial charge is 0.497 e. The summed E-state index contributed by atoms with van der Waals surface area (Å²) in [5, 5.41) is 7.47. The van der Waals surface area contributed by atoms with Crippen molar-refractivity contribution in [1.82, 2.24) is 19.7 Å². The molecule has 0 saturated carbocycles. The first-order valence-electron chi connectivity index (χ1n) is 10.8. The number of hydrogen-bond acceptors (Lipinski definition) is 4. The number of aryl methyl sites for hydroxylation is 3. The van der Waals surface area contributed by atoms with E-state index in [1.54, 1.807) is 16.4 Å². The van der Waals surface area contributed by atoms with Crippen molar-refractivity contribution in [2.75, 3.05) is 13.7 Å². The summed E-state index contributed by atoms with van der Waals surface area (Å²) in [6, 6.07) is 6.19. The van der Waals surface area contributed by atoms with Crippen LogP contribution in [0.1, 0.15) is 61.4 Å². The molecule has 2 aromatic rings. The number of aromatic nitrogens is 3. The molecule has 1 atom stereocenters. The molecule has 0 bridgehead atoms. The minimum atomic E-state index is -0.0136. The fourth-order valence-corrected chi connectivity index (χ4v) is 4.58. The Morgan fingerprint density at radius 1 is 1.28 bits per heavy atom. The van der Waals surface area contributed by atoms with Crippen LogP contribution < -0.4 is 15.7 Å². The molecule has 156 valence electrons. The molecule has 1 unspecified atom stereocenters. The van der Waals surface area contributed by atoms with Crippen LogP contribution in [0.3, 0.4) is 0 Å². The lowest BCUT2D eigenvalue weighted by molar-refractivity contribution is -0.121. The van der Waals surface area contributed by atoms with Gasteiger partial charge in [-0.05, 0) is 67.7 Å². The number of carbonyl (C=O) groups excluding carboxylic acids is 1. The highest BCUT2D eigenvalue weighted by Crippen LogP contribution is 2.35. The first-order valence-corrected chi connectivity index (χ1v) is 10.8. The summed E-state index contributed by atoms with van der Waals surface area (Å²) in [4.78, 5) is 24.8. The maximum atomic E-state index is 12.5. The molecule has 7 nitrogen and oxygen atoms in total. The molecule has 1 aliphatic carbocycles. The van der Waals surface area contributed by atoms with Gasteiger partial charge in [0, 0.05) is 32.5 Å². The number of benzene rings is 1. The van der Waals surface area contributed by atoms with Gasteiger partial charge >= 0.3 is 5.69 Å². The number of nitrogens with one attached hydrogen (secondary N) is 1. The lowest BCUT2D eigenvalue weighted by Crippen LogP contribution is -2.30. The fourth-order valence-electron chi connectivity index (χ4n) is 4.58. The maximum Gasteiger partial charge on any atom is 0.345 e. The van der Waals surface area contributed by atoms with Crippen LogP contribution in [0.15, 0.2) is 23.0 Å². The van der Waals surface area contributed by atoms with Gasteiger partial charge in [0.25, 0.3) is 0 Å². The van der Waals surface area contributed by atoms with Crippen molar-refractivity contribution >= 4 is 5.91 Å². The number of nitrogens with zero attached hydrogens (tertiary/aromatic N) is 3. The van der Waals surface area contributed by atoms with E-state index in [1.807, 2.05) is 6.07 Å². The van der Waals surface area contributed by atoms with Gasteiger partial charge in [-0.25, -0.2) is 9.48 Å². The molecule has 29 heavy (non-hydrogen) atoms. The van der Waals surface area contributed by atoms with Crippen LogP contribution in [0.5, 0.6) is 5.75 Å². The van der Waals surface area contributed by atoms with E-state index in [0.717, 1.165) is 56.6 Å². The van der Waals surface area contributed by atoms with Gasteiger partial charge < -0.3 is 10.1 Å². The fraction of sp³-hybridized carbons (Fsp3) is 0.591. The number of amides is 1. The Morgan fingerprint density at radius 3 is 3.00 bits per heavy atom. The molecular weight excluding hydrogens is 368 g/mol. The average Bonchev–Trinajstić information content (AvgIpc) is 3.07. The quantitative estimate of drug-likeness (QED) is 0.727. The summed E-state index contributed by atoms with van der Waals surface area (Å²) in [5.41, 5.74) is 2.57. The Bertz CT molecular complexity index is 931. The monoisotopic (exact) mass is 398 g/mol. The van der Waals surface area contributed by atoms with Crippen molar-refractivity contribution in [1.29, 1.82) is 0 Å². The second kappa shape index (κ2) is 8.84. The van der Waals surface area contributed by atoms with E-state index in [2.05, 4.69) is 22.5 Å². The summed E-state index contributed by atoms with van der Waals surface area (Å²) >= 11 is 0. The normalized spacial score (nSPS) is 18.0. The van der Waals surface area contributed by atoms with Crippen molar-refractivity contribution in [2.45, 2.75) is 70.4 Å². The Balaban J connectivity index is 1.26. The van der Waals surface area contributed by atoms with Crippen LogP contribution in [0.4, 0.5) is 0 Å². The van der Waals surface area contributed by atoms with Gasteiger partial charge in [0.1, 0.15) is 11.6 Å². The standard InChI is InChI=1S/C22H30N4O3/c1-29-18-9-10-19-16(14-18)6-4-7-17(19)15-21(27)23-11-5-13-26-22(28)25-12-3-2-8-20(25)24-26/h9-10,14,17H,2-8,11-13,15H2,1H3,(H,23,27). The van der Waals surface area contributed by atoms with Gasteiger partial charge in [0.2, 0.25) is 5.91 Å². The van der Waals surface area contributed by atoms with Gasteiger partial charge in [-0.15, -0.1) is 0 Å². The van der Waals surface area contributed by atoms with E-state index < -0.39 is 0 Å². The highest BCUT2D eigenvalue weighted by atomic mass is 16.5. The van der Waals surface area contributed by atoms with Crippen LogP contribution in [-0.2, 0) is 30.7 Å². The topological polar surface area (TPSA) is 78.2 Å². The number of carbonyl (C=O) groups is 1. The number of hydrogen-bond donors (Lipinski definition) is 1.